The molecule has 1 rings (SSSR count). The first-order valence-corrected chi connectivity index (χ1v) is 9.46. The first-order valence-electron chi connectivity index (χ1n) is 9.46. The van der Waals surface area contributed by atoms with Crippen LogP contribution in [0.15, 0.2) is 12.1 Å². The predicted molar refractivity (Wildman–Crippen MR) is 109 cm³/mol. The van der Waals surface area contributed by atoms with E-state index < -0.39 is 12.2 Å². The van der Waals surface area contributed by atoms with Crippen LogP contribution in [0.4, 0.5) is 21.0 Å². The van der Waals surface area contributed by atoms with Gasteiger partial charge in [0.15, 0.2) is 11.5 Å². The van der Waals surface area contributed by atoms with E-state index in [0.29, 0.717) is 19.6 Å². The van der Waals surface area contributed by atoms with E-state index in [0.717, 1.165) is 12.8 Å². The molecule has 8 N–H and O–H groups in total. The number of rotatable bonds is 15. The quantitative estimate of drug-likeness (QED) is 0.136. The first-order chi connectivity index (χ1) is 14.3. The van der Waals surface area contributed by atoms with Crippen molar-refractivity contribution < 1.29 is 38.9 Å². The van der Waals surface area contributed by atoms with Crippen LogP contribution in [-0.4, -0.2) is 61.5 Å². The van der Waals surface area contributed by atoms with Crippen LogP contribution in [0.25, 0.3) is 0 Å². The molecule has 170 valence electrons. The third-order valence-corrected chi connectivity index (χ3v) is 3.81. The highest BCUT2D eigenvalue weighted by molar-refractivity contribution is 5.70. The summed E-state index contributed by atoms with van der Waals surface area (Å²) in [5, 5.41) is 19.9. The Balaban J connectivity index is 2.29. The van der Waals surface area contributed by atoms with E-state index in [1.807, 2.05) is 6.92 Å². The van der Waals surface area contributed by atoms with Gasteiger partial charge in [-0.2, -0.15) is 5.48 Å². The van der Waals surface area contributed by atoms with Crippen LogP contribution in [-0.2, 0) is 9.47 Å². The van der Waals surface area contributed by atoms with Crippen molar-refractivity contribution in [1.82, 2.24) is 10.8 Å². The minimum atomic E-state index is -1.38. The predicted octanol–water partition coefficient (Wildman–Crippen LogP) is 1.65. The maximum atomic E-state index is 10.8. The van der Waals surface area contributed by atoms with E-state index in [-0.39, 0.29) is 48.7 Å². The van der Waals surface area contributed by atoms with E-state index in [9.17, 15) is 9.59 Å². The number of benzene rings is 1. The zero-order chi connectivity index (χ0) is 22.4. The Labute approximate surface area is 174 Å². The van der Waals surface area contributed by atoms with Crippen molar-refractivity contribution in [3.63, 3.8) is 0 Å². The lowest BCUT2D eigenvalue weighted by Crippen LogP contribution is -2.37. The molecule has 0 aliphatic rings. The lowest BCUT2D eigenvalue weighted by molar-refractivity contribution is 0.0282. The molecular formula is C18H30N4O8. The third-order valence-electron chi connectivity index (χ3n) is 3.81. The Hall–Kier alpha value is -3.12. The summed E-state index contributed by atoms with van der Waals surface area (Å²) in [4.78, 5) is 26.2. The summed E-state index contributed by atoms with van der Waals surface area (Å²) in [6.45, 7) is 3.28. The monoisotopic (exact) mass is 430 g/mol. The van der Waals surface area contributed by atoms with Gasteiger partial charge in [-0.25, -0.2) is 9.59 Å². The van der Waals surface area contributed by atoms with Crippen LogP contribution in [0.3, 0.4) is 0 Å². The normalized spacial score (nSPS) is 11.5. The molecule has 1 aromatic carbocycles. The molecule has 1 atom stereocenters. The molecule has 0 aliphatic carbocycles. The number of hydroxylamine groups is 1. The van der Waals surface area contributed by atoms with Crippen LogP contribution in [0.1, 0.15) is 26.2 Å². The number of ether oxygens (including phenoxy) is 3. The van der Waals surface area contributed by atoms with Crippen LogP contribution in [0, 0.1) is 0 Å². The summed E-state index contributed by atoms with van der Waals surface area (Å²) in [7, 11) is 0. The van der Waals surface area contributed by atoms with Gasteiger partial charge in [0.1, 0.15) is 6.61 Å². The van der Waals surface area contributed by atoms with Crippen molar-refractivity contribution in [2.75, 3.05) is 44.5 Å². The second kappa shape index (κ2) is 14.0. The van der Waals surface area contributed by atoms with Crippen LogP contribution in [0.2, 0.25) is 0 Å². The Morgan fingerprint density at radius 2 is 1.63 bits per heavy atom. The molecule has 0 aromatic heterocycles. The second-order valence-corrected chi connectivity index (χ2v) is 6.26. The lowest BCUT2D eigenvalue weighted by atomic mass is 10.1. The number of nitrogens with one attached hydrogen (secondary N) is 2. The zero-order valence-corrected chi connectivity index (χ0v) is 16.9. The standard InChI is InChI=1S/C18H30N4O8/c1-2-3-4-12(21-17(23)24)11-28-6-5-27-7-8-29-15-9-13(19)14(20)10-16(15)30-22-18(25)26/h9-10,12,21-22H,2-8,11,19-20H2,1H3,(H,23,24)(H,25,26). The van der Waals surface area contributed by atoms with Gasteiger partial charge >= 0.3 is 12.2 Å². The molecule has 30 heavy (non-hydrogen) atoms. The molecule has 0 saturated heterocycles. The molecular weight excluding hydrogens is 400 g/mol. The number of nitrogens with two attached hydrogens (primary N) is 2. The van der Waals surface area contributed by atoms with Gasteiger partial charge in [0.25, 0.3) is 0 Å². The maximum Gasteiger partial charge on any atom is 0.438 e. The van der Waals surface area contributed by atoms with Gasteiger partial charge in [-0.1, -0.05) is 19.8 Å². The molecule has 0 heterocycles. The molecule has 12 heteroatoms. The number of carbonyl (C=O) groups is 2. The summed E-state index contributed by atoms with van der Waals surface area (Å²) >= 11 is 0. The zero-order valence-electron chi connectivity index (χ0n) is 16.9. The number of hydrogen-bond acceptors (Lipinski definition) is 8. The average molecular weight is 430 g/mol. The number of hydrogen-bond donors (Lipinski definition) is 6. The molecule has 0 saturated carbocycles. The highest BCUT2D eigenvalue weighted by atomic mass is 16.7. The lowest BCUT2D eigenvalue weighted by Gasteiger charge is -2.17. The van der Waals surface area contributed by atoms with Gasteiger partial charge in [-0.3, -0.25) is 0 Å². The van der Waals surface area contributed by atoms with E-state index in [4.69, 9.17) is 40.7 Å². The van der Waals surface area contributed by atoms with Crippen molar-refractivity contribution >= 4 is 23.6 Å². The fraction of sp³-hybridized carbons (Fsp3) is 0.556. The largest absolute Gasteiger partial charge is 0.487 e. The minimum Gasteiger partial charge on any atom is -0.487 e. The molecule has 2 amide bonds. The van der Waals surface area contributed by atoms with Crippen molar-refractivity contribution in [1.29, 1.82) is 0 Å². The average Bonchev–Trinajstić information content (AvgIpc) is 2.68. The van der Waals surface area contributed by atoms with Crippen LogP contribution in [0.5, 0.6) is 11.5 Å². The fourth-order valence-corrected chi connectivity index (χ4v) is 2.36. The summed E-state index contributed by atoms with van der Waals surface area (Å²) in [5.41, 5.74) is 13.6. The molecule has 0 fully saturated rings. The van der Waals surface area contributed by atoms with Crippen molar-refractivity contribution in [2.24, 2.45) is 0 Å². The minimum absolute atomic E-state index is 0.0662. The van der Waals surface area contributed by atoms with E-state index in [2.05, 4.69) is 5.32 Å². The van der Waals surface area contributed by atoms with Gasteiger partial charge in [0, 0.05) is 12.1 Å². The topological polar surface area (TPSA) is 188 Å². The molecule has 0 radical (unpaired) electrons. The summed E-state index contributed by atoms with van der Waals surface area (Å²) in [6, 6.07) is 2.51. The summed E-state index contributed by atoms with van der Waals surface area (Å²) in [6.07, 6.45) is 0.141. The smallest absolute Gasteiger partial charge is 0.438 e. The molecule has 0 spiro atoms. The highest BCUT2D eigenvalue weighted by Gasteiger charge is 2.12. The molecule has 1 aromatic rings. The Bertz CT molecular complexity index is 674. The van der Waals surface area contributed by atoms with E-state index in [1.165, 1.54) is 12.1 Å². The second-order valence-electron chi connectivity index (χ2n) is 6.26. The summed E-state index contributed by atoms with van der Waals surface area (Å²) in [5.74, 6) is 0.269. The van der Waals surface area contributed by atoms with Gasteiger partial charge in [-0.05, 0) is 6.42 Å². The summed E-state index contributed by atoms with van der Waals surface area (Å²) < 4.78 is 16.4. The Kier molecular flexibility index (Phi) is 11.6. The van der Waals surface area contributed by atoms with Crippen LogP contribution < -0.4 is 31.8 Å². The van der Waals surface area contributed by atoms with E-state index in [1.54, 1.807) is 5.48 Å². The van der Waals surface area contributed by atoms with Gasteiger partial charge in [0.2, 0.25) is 0 Å². The van der Waals surface area contributed by atoms with Gasteiger partial charge in [-0.15, -0.1) is 0 Å². The van der Waals surface area contributed by atoms with Crippen molar-refractivity contribution in [3.05, 3.63) is 12.1 Å². The SMILES string of the molecule is CCCCC(COCCOCCOc1cc(N)c(N)cc1ONC(=O)O)NC(=O)O. The van der Waals surface area contributed by atoms with Gasteiger partial charge < -0.3 is 46.0 Å². The van der Waals surface area contributed by atoms with Crippen molar-refractivity contribution in [2.45, 2.75) is 32.2 Å². The number of anilines is 2. The van der Waals surface area contributed by atoms with Crippen molar-refractivity contribution in [3.8, 4) is 11.5 Å². The number of nitrogen functional groups attached to an aromatic ring is 2. The third kappa shape index (κ3) is 10.4. The van der Waals surface area contributed by atoms with E-state index >= 15 is 0 Å². The van der Waals surface area contributed by atoms with Gasteiger partial charge in [0.05, 0.1) is 43.8 Å². The Morgan fingerprint density at radius 3 is 2.27 bits per heavy atom. The number of amides is 2. The molecule has 12 nitrogen and oxygen atoms in total. The molecule has 0 aliphatic heterocycles. The number of unbranched alkanes of at least 4 members (excludes halogenated alkanes) is 1. The Morgan fingerprint density at radius 1 is 1.00 bits per heavy atom. The molecule has 1 unspecified atom stereocenters. The first kappa shape index (κ1) is 24.9. The number of carboxylic acid groups (broad SMARTS) is 2. The fourth-order valence-electron chi connectivity index (χ4n) is 2.36. The van der Waals surface area contributed by atoms with Crippen LogP contribution >= 0.6 is 0 Å². The highest BCUT2D eigenvalue weighted by Crippen LogP contribution is 2.33. The maximum absolute atomic E-state index is 10.8. The molecule has 0 bridgehead atoms.